The number of hydrogen-bond acceptors (Lipinski definition) is 6. The molecule has 1 aromatic carbocycles. The van der Waals surface area contributed by atoms with E-state index in [1.54, 1.807) is 18.3 Å². The lowest BCUT2D eigenvalue weighted by atomic mass is 10.2. The maximum atomic E-state index is 12.0. The van der Waals surface area contributed by atoms with E-state index in [-0.39, 0.29) is 13.2 Å². The highest BCUT2D eigenvalue weighted by Crippen LogP contribution is 2.24. The van der Waals surface area contributed by atoms with Gasteiger partial charge < -0.3 is 14.3 Å². The maximum absolute atomic E-state index is 12.0. The molecular weight excluding hydrogens is 274 g/mol. The minimum absolute atomic E-state index is 0.191. The van der Waals surface area contributed by atoms with Crippen molar-refractivity contribution in [3.05, 3.63) is 52.1 Å². The second kappa shape index (κ2) is 5.37. The van der Waals surface area contributed by atoms with Crippen molar-refractivity contribution in [2.24, 2.45) is 0 Å². The smallest absolute Gasteiger partial charge is 0.341 e. The van der Waals surface area contributed by atoms with Crippen LogP contribution in [-0.2, 0) is 13.2 Å². The maximum Gasteiger partial charge on any atom is 0.341 e. The van der Waals surface area contributed by atoms with E-state index in [0.717, 1.165) is 5.39 Å². The molecule has 2 aromatic heterocycles. The Morgan fingerprint density at radius 2 is 2.29 bits per heavy atom. The molecule has 21 heavy (non-hydrogen) atoms. The molecule has 3 aromatic rings. The average molecular weight is 287 g/mol. The number of ether oxygens (including phenoxy) is 1. The number of hydrogen-bond donors (Lipinski definition) is 1. The Morgan fingerprint density at radius 1 is 1.43 bits per heavy atom. The van der Waals surface area contributed by atoms with Crippen LogP contribution < -0.4 is 10.4 Å². The second-order valence-corrected chi connectivity index (χ2v) is 4.50. The number of methoxy groups -OCH3 is 1. The molecule has 0 fully saturated rings. The van der Waals surface area contributed by atoms with E-state index in [2.05, 4.69) is 10.3 Å². The van der Waals surface area contributed by atoms with Crippen molar-refractivity contribution in [1.82, 2.24) is 15.0 Å². The van der Waals surface area contributed by atoms with Crippen LogP contribution in [0.3, 0.4) is 0 Å². The van der Waals surface area contributed by atoms with E-state index >= 15 is 0 Å². The van der Waals surface area contributed by atoms with E-state index in [9.17, 15) is 4.79 Å². The normalized spacial score (nSPS) is 11.0. The Labute approximate surface area is 119 Å². The zero-order valence-corrected chi connectivity index (χ0v) is 11.3. The van der Waals surface area contributed by atoms with E-state index in [1.807, 2.05) is 12.1 Å². The summed E-state index contributed by atoms with van der Waals surface area (Å²) in [6.07, 6.45) is 1.58. The van der Waals surface area contributed by atoms with Gasteiger partial charge in [-0.2, -0.15) is 0 Å². The quantitative estimate of drug-likeness (QED) is 0.718. The van der Waals surface area contributed by atoms with Gasteiger partial charge in [0, 0.05) is 5.39 Å². The fraction of sp³-hybridized carbons (Fsp3) is 0.214. The molecule has 0 aliphatic heterocycles. The van der Waals surface area contributed by atoms with Crippen molar-refractivity contribution in [2.45, 2.75) is 13.2 Å². The molecular formula is C14H13N3O4. The molecule has 7 nitrogen and oxygen atoms in total. The predicted octanol–water partition coefficient (Wildman–Crippen LogP) is 0.934. The molecule has 0 spiro atoms. The van der Waals surface area contributed by atoms with Crippen LogP contribution in [0.15, 0.2) is 39.7 Å². The predicted molar refractivity (Wildman–Crippen MR) is 74.1 cm³/mol. The molecule has 3 rings (SSSR count). The zero-order valence-electron chi connectivity index (χ0n) is 11.3. The van der Waals surface area contributed by atoms with E-state index in [0.29, 0.717) is 22.6 Å². The molecule has 0 aliphatic carbocycles. The van der Waals surface area contributed by atoms with Crippen LogP contribution in [0.4, 0.5) is 0 Å². The third kappa shape index (κ3) is 2.50. The summed E-state index contributed by atoms with van der Waals surface area (Å²) in [5, 5.41) is 17.3. The summed E-state index contributed by atoms with van der Waals surface area (Å²) in [6, 6.07) is 7.13. The Morgan fingerprint density at radius 3 is 3.00 bits per heavy atom. The fourth-order valence-electron chi connectivity index (χ4n) is 2.09. The van der Waals surface area contributed by atoms with Gasteiger partial charge in [-0.15, -0.1) is 5.10 Å². The molecule has 0 aliphatic rings. The minimum Gasteiger partial charge on any atom is -0.493 e. The van der Waals surface area contributed by atoms with Crippen LogP contribution >= 0.6 is 0 Å². The molecule has 0 saturated carbocycles. The van der Waals surface area contributed by atoms with Gasteiger partial charge >= 0.3 is 5.63 Å². The molecule has 1 N–H and O–H groups in total. The molecule has 0 radical (unpaired) electrons. The van der Waals surface area contributed by atoms with Crippen molar-refractivity contribution in [1.29, 1.82) is 0 Å². The highest BCUT2D eigenvalue weighted by Gasteiger charge is 2.10. The first-order valence-corrected chi connectivity index (χ1v) is 6.31. The second-order valence-electron chi connectivity index (χ2n) is 4.50. The summed E-state index contributed by atoms with van der Waals surface area (Å²) in [7, 11) is 1.52. The van der Waals surface area contributed by atoms with Crippen LogP contribution in [0.1, 0.15) is 11.3 Å². The minimum atomic E-state index is -0.451. The Balaban J connectivity index is 2.03. The lowest BCUT2D eigenvalue weighted by Crippen LogP contribution is -2.12. The van der Waals surface area contributed by atoms with Gasteiger partial charge in [0.25, 0.3) is 0 Å². The molecule has 108 valence electrons. The monoisotopic (exact) mass is 287 g/mol. The number of rotatable bonds is 4. The first-order chi connectivity index (χ1) is 10.2. The van der Waals surface area contributed by atoms with Crippen molar-refractivity contribution in [2.75, 3.05) is 7.11 Å². The molecule has 0 atom stereocenters. The highest BCUT2D eigenvalue weighted by molar-refractivity contribution is 5.82. The lowest BCUT2D eigenvalue weighted by molar-refractivity contribution is 0.276. The molecule has 0 amide bonds. The third-order valence-electron chi connectivity index (χ3n) is 3.10. The van der Waals surface area contributed by atoms with Gasteiger partial charge in [0.2, 0.25) is 0 Å². The summed E-state index contributed by atoms with van der Waals surface area (Å²) >= 11 is 0. The molecule has 0 bridgehead atoms. The Hall–Kier alpha value is -2.67. The van der Waals surface area contributed by atoms with Crippen molar-refractivity contribution >= 4 is 11.0 Å². The van der Waals surface area contributed by atoms with Gasteiger partial charge in [0.15, 0.2) is 11.3 Å². The molecule has 7 heteroatoms. The Bertz CT molecular complexity index is 838. The van der Waals surface area contributed by atoms with Crippen LogP contribution in [0, 0.1) is 0 Å². The first-order valence-electron chi connectivity index (χ1n) is 6.31. The standard InChI is InChI=1S/C14H13N3O4/c1-20-12-4-2-3-9-5-10(14(19)21-13(9)12)6-17-7-11(8-18)15-16-17/h2-5,7,18H,6,8H2,1H3. The van der Waals surface area contributed by atoms with Crippen molar-refractivity contribution in [3.8, 4) is 5.75 Å². The van der Waals surface area contributed by atoms with Crippen LogP contribution in [0.5, 0.6) is 5.75 Å². The largest absolute Gasteiger partial charge is 0.493 e. The number of aromatic nitrogens is 3. The Kier molecular flexibility index (Phi) is 3.41. The fourth-order valence-corrected chi connectivity index (χ4v) is 2.09. The van der Waals surface area contributed by atoms with Crippen molar-refractivity contribution < 1.29 is 14.3 Å². The van der Waals surface area contributed by atoms with Gasteiger partial charge in [0.05, 0.1) is 32.0 Å². The van der Waals surface area contributed by atoms with E-state index in [1.165, 1.54) is 11.8 Å². The number of fused-ring (bicyclic) bond motifs is 1. The zero-order chi connectivity index (χ0) is 14.8. The first kappa shape index (κ1) is 13.3. The van der Waals surface area contributed by atoms with Crippen LogP contribution in [0.25, 0.3) is 11.0 Å². The average Bonchev–Trinajstić information content (AvgIpc) is 2.95. The number of benzene rings is 1. The number of nitrogens with zero attached hydrogens (tertiary/aromatic N) is 3. The number of aliphatic hydroxyl groups excluding tert-OH is 1. The number of para-hydroxylation sites is 1. The van der Waals surface area contributed by atoms with Gasteiger partial charge in [-0.05, 0) is 12.1 Å². The molecule has 0 unspecified atom stereocenters. The van der Waals surface area contributed by atoms with Gasteiger partial charge in [-0.25, -0.2) is 9.48 Å². The summed E-state index contributed by atoms with van der Waals surface area (Å²) < 4.78 is 12.0. The summed E-state index contributed by atoms with van der Waals surface area (Å²) in [5.74, 6) is 0.513. The summed E-state index contributed by atoms with van der Waals surface area (Å²) in [4.78, 5) is 12.0. The van der Waals surface area contributed by atoms with Gasteiger partial charge in [0.1, 0.15) is 5.69 Å². The van der Waals surface area contributed by atoms with Crippen LogP contribution in [0.2, 0.25) is 0 Å². The topological polar surface area (TPSA) is 90.4 Å². The van der Waals surface area contributed by atoms with Crippen molar-refractivity contribution in [3.63, 3.8) is 0 Å². The lowest BCUT2D eigenvalue weighted by Gasteiger charge is -2.05. The molecule has 0 saturated heterocycles. The summed E-state index contributed by atoms with van der Waals surface area (Å²) in [6.45, 7) is 0.0337. The highest BCUT2D eigenvalue weighted by atomic mass is 16.5. The van der Waals surface area contributed by atoms with Crippen LogP contribution in [-0.4, -0.2) is 27.2 Å². The van der Waals surface area contributed by atoms with Gasteiger partial charge in [-0.3, -0.25) is 0 Å². The molecule has 2 heterocycles. The van der Waals surface area contributed by atoms with E-state index in [4.69, 9.17) is 14.3 Å². The SMILES string of the molecule is COc1cccc2cc(Cn3cc(CO)nn3)c(=O)oc12. The van der Waals surface area contributed by atoms with E-state index < -0.39 is 5.63 Å². The third-order valence-corrected chi connectivity index (χ3v) is 3.10. The number of aliphatic hydroxyl groups is 1. The summed E-state index contributed by atoms with van der Waals surface area (Å²) in [5.41, 5.74) is 0.864. The van der Waals surface area contributed by atoms with Gasteiger partial charge in [-0.1, -0.05) is 17.3 Å².